The number of nitrogens with one attached hydrogen (secondary N) is 2. The van der Waals surface area contributed by atoms with E-state index in [1.165, 1.54) is 0 Å². The number of benzene rings is 1. The third-order valence-corrected chi connectivity index (χ3v) is 6.87. The lowest BCUT2D eigenvalue weighted by molar-refractivity contribution is -0.116. The van der Waals surface area contributed by atoms with Gasteiger partial charge in [0, 0.05) is 36.7 Å². The Morgan fingerprint density at radius 1 is 1.14 bits per heavy atom. The second-order valence-electron chi connectivity index (χ2n) is 9.08. The van der Waals surface area contributed by atoms with Crippen LogP contribution in [0.5, 0.6) is 0 Å². The third kappa shape index (κ3) is 5.04. The number of aryl methyl sites for hydroxylation is 2. The molecule has 2 atom stereocenters. The normalized spacial score (nSPS) is 17.3. The largest absolute Gasteiger partial charge is 0.467 e. The number of hydrogen-bond donors (Lipinski definition) is 2. The fourth-order valence-corrected chi connectivity index (χ4v) is 5.02. The molecule has 0 spiro atoms. The molecule has 1 aliphatic heterocycles. The molecule has 1 fully saturated rings. The van der Waals surface area contributed by atoms with Crippen LogP contribution in [0.1, 0.15) is 46.8 Å². The zero-order valence-electron chi connectivity index (χ0n) is 20.3. The summed E-state index contributed by atoms with van der Waals surface area (Å²) < 4.78 is 7.76. The minimum atomic E-state index is -0.147. The minimum Gasteiger partial charge on any atom is -0.467 e. The highest BCUT2D eigenvalue weighted by molar-refractivity contribution is 7.80. The maximum Gasteiger partial charge on any atom is 0.226 e. The number of amides is 1. The van der Waals surface area contributed by atoms with Crippen molar-refractivity contribution in [3.05, 3.63) is 108 Å². The SMILES string of the molecule is Cc1ccc(C)c(NC(=O)CCN2C(=S)N[C@H](c3ccccn3)[C@@H]2c2cccn2Cc2ccco2)c1. The van der Waals surface area contributed by atoms with Crippen LogP contribution < -0.4 is 10.6 Å². The Labute approximate surface area is 216 Å². The molecule has 0 bridgehead atoms. The first-order valence-electron chi connectivity index (χ1n) is 12.0. The van der Waals surface area contributed by atoms with E-state index in [1.54, 1.807) is 12.5 Å². The summed E-state index contributed by atoms with van der Waals surface area (Å²) in [6.45, 7) is 5.09. The molecule has 4 aromatic rings. The summed E-state index contributed by atoms with van der Waals surface area (Å²) in [5, 5.41) is 7.14. The van der Waals surface area contributed by atoms with Crippen LogP contribution in [0.4, 0.5) is 5.69 Å². The van der Waals surface area contributed by atoms with Crippen molar-refractivity contribution >= 4 is 28.9 Å². The molecule has 1 aromatic carbocycles. The molecule has 4 heterocycles. The molecule has 1 saturated heterocycles. The molecule has 36 heavy (non-hydrogen) atoms. The quantitative estimate of drug-likeness (QED) is 0.327. The molecule has 0 aliphatic carbocycles. The lowest BCUT2D eigenvalue weighted by Gasteiger charge is -2.28. The van der Waals surface area contributed by atoms with Gasteiger partial charge >= 0.3 is 0 Å². The fraction of sp³-hybridized carbons (Fsp3) is 0.250. The Balaban J connectivity index is 1.39. The zero-order chi connectivity index (χ0) is 25.1. The van der Waals surface area contributed by atoms with Crippen LogP contribution in [-0.2, 0) is 11.3 Å². The van der Waals surface area contributed by atoms with Crippen molar-refractivity contribution in [3.8, 4) is 0 Å². The third-order valence-electron chi connectivity index (χ3n) is 6.52. The van der Waals surface area contributed by atoms with E-state index < -0.39 is 0 Å². The van der Waals surface area contributed by atoms with Gasteiger partial charge in [0.15, 0.2) is 5.11 Å². The standard InChI is InChI=1S/C28H29N5O2S/c1-19-10-11-20(2)23(17-19)30-25(34)12-15-33-27(26(31-28(33)36)22-8-3-4-13-29-22)24-9-5-14-32(24)18-21-7-6-16-35-21/h3-11,13-14,16-17,26-27H,12,15,18H2,1-2H3,(H,30,34)(H,31,36)/t26-,27+/m1/s1. The zero-order valence-corrected chi connectivity index (χ0v) is 21.2. The Morgan fingerprint density at radius 2 is 2.03 bits per heavy atom. The number of aromatic nitrogens is 2. The van der Waals surface area contributed by atoms with Crippen molar-refractivity contribution in [1.82, 2.24) is 19.8 Å². The monoisotopic (exact) mass is 499 g/mol. The van der Waals surface area contributed by atoms with Gasteiger partial charge in [-0.05, 0) is 79.7 Å². The number of anilines is 1. The molecule has 3 aromatic heterocycles. The highest BCUT2D eigenvalue weighted by Crippen LogP contribution is 2.39. The number of nitrogens with zero attached hydrogens (tertiary/aromatic N) is 3. The molecule has 0 unspecified atom stereocenters. The average molecular weight is 500 g/mol. The van der Waals surface area contributed by atoms with Crippen LogP contribution in [0.3, 0.4) is 0 Å². The van der Waals surface area contributed by atoms with Gasteiger partial charge in [-0.2, -0.15) is 0 Å². The highest BCUT2D eigenvalue weighted by atomic mass is 32.1. The number of carbonyl (C=O) groups is 1. The van der Waals surface area contributed by atoms with Crippen molar-refractivity contribution in [2.24, 2.45) is 0 Å². The lowest BCUT2D eigenvalue weighted by Crippen LogP contribution is -2.33. The molecule has 0 radical (unpaired) electrons. The summed E-state index contributed by atoms with van der Waals surface area (Å²) in [5.41, 5.74) is 4.96. The minimum absolute atomic E-state index is 0.0440. The first-order valence-corrected chi connectivity index (χ1v) is 12.4. The van der Waals surface area contributed by atoms with Gasteiger partial charge in [0.25, 0.3) is 0 Å². The number of furan rings is 1. The molecule has 8 heteroatoms. The summed E-state index contributed by atoms with van der Waals surface area (Å²) in [5.74, 6) is 0.826. The van der Waals surface area contributed by atoms with Crippen molar-refractivity contribution in [3.63, 3.8) is 0 Å². The van der Waals surface area contributed by atoms with E-state index in [9.17, 15) is 4.79 Å². The van der Waals surface area contributed by atoms with E-state index in [1.807, 2.05) is 74.6 Å². The van der Waals surface area contributed by atoms with Gasteiger partial charge in [-0.3, -0.25) is 9.78 Å². The van der Waals surface area contributed by atoms with Crippen molar-refractivity contribution in [2.75, 3.05) is 11.9 Å². The number of thiocarbonyl (C=S) groups is 1. The number of hydrogen-bond acceptors (Lipinski definition) is 4. The van der Waals surface area contributed by atoms with E-state index in [4.69, 9.17) is 16.6 Å². The van der Waals surface area contributed by atoms with Gasteiger partial charge in [0.2, 0.25) is 5.91 Å². The van der Waals surface area contributed by atoms with Crippen molar-refractivity contribution in [2.45, 2.75) is 38.9 Å². The van der Waals surface area contributed by atoms with Crippen LogP contribution in [0.25, 0.3) is 0 Å². The topological polar surface area (TPSA) is 75.3 Å². The van der Waals surface area contributed by atoms with Gasteiger partial charge in [-0.15, -0.1) is 0 Å². The van der Waals surface area contributed by atoms with Gasteiger partial charge in [0.1, 0.15) is 5.76 Å². The molecule has 184 valence electrons. The molecule has 5 rings (SSSR count). The molecule has 0 saturated carbocycles. The summed E-state index contributed by atoms with van der Waals surface area (Å²) in [6.07, 6.45) is 5.82. The molecule has 7 nitrogen and oxygen atoms in total. The molecule has 1 aliphatic rings. The molecular weight excluding hydrogens is 470 g/mol. The second kappa shape index (κ2) is 10.4. The highest BCUT2D eigenvalue weighted by Gasteiger charge is 2.41. The fourth-order valence-electron chi connectivity index (χ4n) is 4.68. The van der Waals surface area contributed by atoms with Crippen molar-refractivity contribution in [1.29, 1.82) is 0 Å². The van der Waals surface area contributed by atoms with Crippen LogP contribution in [0, 0.1) is 13.8 Å². The summed E-state index contributed by atoms with van der Waals surface area (Å²) in [4.78, 5) is 19.6. The smallest absolute Gasteiger partial charge is 0.226 e. The summed E-state index contributed by atoms with van der Waals surface area (Å²) in [7, 11) is 0. The Bertz CT molecular complexity index is 1350. The van der Waals surface area contributed by atoms with Crippen molar-refractivity contribution < 1.29 is 9.21 Å². The van der Waals surface area contributed by atoms with E-state index in [0.717, 1.165) is 34.0 Å². The molecule has 1 amide bonds. The van der Waals surface area contributed by atoms with E-state index in [0.29, 0.717) is 24.6 Å². The Morgan fingerprint density at radius 3 is 2.81 bits per heavy atom. The first-order chi connectivity index (χ1) is 17.5. The van der Waals surface area contributed by atoms with E-state index >= 15 is 0 Å². The van der Waals surface area contributed by atoms with Crippen LogP contribution in [0.2, 0.25) is 0 Å². The Kier molecular flexibility index (Phi) is 6.86. The lowest BCUT2D eigenvalue weighted by atomic mass is 10.0. The predicted octanol–water partition coefficient (Wildman–Crippen LogP) is 5.14. The number of pyridine rings is 1. The molecular formula is C28H29N5O2S. The second-order valence-corrected chi connectivity index (χ2v) is 9.46. The average Bonchev–Trinajstić information content (AvgIpc) is 3.62. The van der Waals surface area contributed by atoms with Crippen LogP contribution in [0.15, 0.2) is 83.7 Å². The summed E-state index contributed by atoms with van der Waals surface area (Å²) >= 11 is 5.77. The first kappa shape index (κ1) is 23.8. The van der Waals surface area contributed by atoms with Gasteiger partial charge in [-0.1, -0.05) is 18.2 Å². The number of carbonyl (C=O) groups excluding carboxylic acids is 1. The van der Waals surface area contributed by atoms with E-state index in [2.05, 4.69) is 31.2 Å². The van der Waals surface area contributed by atoms with Gasteiger partial charge in [0.05, 0.1) is 30.6 Å². The predicted molar refractivity (Wildman–Crippen MR) is 144 cm³/mol. The summed E-state index contributed by atoms with van der Waals surface area (Å²) in [6, 6.07) is 19.6. The van der Waals surface area contributed by atoms with Gasteiger partial charge in [-0.25, -0.2) is 0 Å². The van der Waals surface area contributed by atoms with Crippen LogP contribution >= 0.6 is 12.2 Å². The number of rotatable bonds is 8. The maximum atomic E-state index is 12.9. The maximum absolute atomic E-state index is 12.9. The Hall–Kier alpha value is -3.91. The molecule has 2 N–H and O–H groups in total. The van der Waals surface area contributed by atoms with Gasteiger partial charge < -0.3 is 24.5 Å². The van der Waals surface area contributed by atoms with Crippen LogP contribution in [-0.4, -0.2) is 32.0 Å². The van der Waals surface area contributed by atoms with E-state index in [-0.39, 0.29) is 18.0 Å².